The van der Waals surface area contributed by atoms with Crippen molar-refractivity contribution in [2.75, 3.05) is 13.2 Å². The van der Waals surface area contributed by atoms with Crippen molar-refractivity contribution in [3.8, 4) is 0 Å². The normalized spacial score (nSPS) is 13.6. The second kappa shape index (κ2) is 18.2. The number of rotatable bonds is 21. The van der Waals surface area contributed by atoms with Gasteiger partial charge in [0, 0.05) is 18.6 Å². The minimum Gasteiger partial charge on any atom is -0.429 e. The van der Waals surface area contributed by atoms with E-state index in [0.29, 0.717) is 18.4 Å². The van der Waals surface area contributed by atoms with Crippen LogP contribution in [0.2, 0.25) is 0 Å². The lowest BCUT2D eigenvalue weighted by Crippen LogP contribution is -2.48. The van der Waals surface area contributed by atoms with E-state index < -0.39 is 57.8 Å². The molecule has 0 aliphatic heterocycles. The Kier molecular flexibility index (Phi) is 15.5. The van der Waals surface area contributed by atoms with Gasteiger partial charge < -0.3 is 18.5 Å². The number of carbonyl (C=O) groups excluding carboxylic acids is 1. The van der Waals surface area contributed by atoms with Crippen LogP contribution in [0.15, 0.2) is 59.5 Å². The van der Waals surface area contributed by atoms with E-state index in [1.807, 2.05) is 6.92 Å². The lowest BCUT2D eigenvalue weighted by Gasteiger charge is -2.32. The molecule has 2 atom stereocenters. The average molecular weight is 679 g/mol. The second-order valence-electron chi connectivity index (χ2n) is 10.1. The second-order valence-corrected chi connectivity index (χ2v) is 13.9. The zero-order valence-electron chi connectivity index (χ0n) is 25.6. The summed E-state index contributed by atoms with van der Waals surface area (Å²) in [6.07, 6.45) is -0.522. The van der Waals surface area contributed by atoms with Crippen LogP contribution in [-0.4, -0.2) is 50.5 Å². The van der Waals surface area contributed by atoms with Gasteiger partial charge in [0.15, 0.2) is 0 Å². The topological polar surface area (TPSA) is 160 Å². The van der Waals surface area contributed by atoms with Crippen LogP contribution in [0.1, 0.15) is 71.3 Å². The number of nitrogens with one attached hydrogen (secondary N) is 1. The largest absolute Gasteiger partial charge is 0.508 e. The molecule has 0 saturated carbocycles. The van der Waals surface area contributed by atoms with E-state index in [2.05, 4.69) is 4.72 Å². The third kappa shape index (κ3) is 12.0. The number of nitro benzene ring substituents is 1. The molecule has 0 saturated heterocycles. The number of alkyl halides is 2. The highest BCUT2D eigenvalue weighted by atomic mass is 32.2. The van der Waals surface area contributed by atoms with Gasteiger partial charge in [-0.25, -0.2) is 17.9 Å². The number of benzene rings is 2. The van der Waals surface area contributed by atoms with Crippen molar-refractivity contribution in [1.82, 2.24) is 4.72 Å². The van der Waals surface area contributed by atoms with Crippen molar-refractivity contribution < 1.29 is 50.0 Å². The molecule has 12 nitrogen and oxygen atoms in total. The Hall–Kier alpha value is -2.97. The van der Waals surface area contributed by atoms with E-state index >= 15 is 8.78 Å². The number of ether oxygens (including phenoxy) is 2. The Balaban J connectivity index is 2.47. The molecule has 0 heterocycles. The SMILES string of the molecule is CCCCCCC[C@@H](OC(=O)OCc1ccccc1)[C@H](CC(F)(F)P(=O)(OCC)OCC)NS(=O)(=O)c1ccc([N+](=O)[O-])cc1. The van der Waals surface area contributed by atoms with E-state index in [1.165, 1.54) is 13.8 Å². The van der Waals surface area contributed by atoms with Crippen LogP contribution in [0.4, 0.5) is 19.3 Å². The molecular weight excluding hydrogens is 637 g/mol. The number of halogens is 2. The molecule has 0 aliphatic carbocycles. The summed E-state index contributed by atoms with van der Waals surface area (Å²) in [6.45, 7) is 3.75. The predicted molar refractivity (Wildman–Crippen MR) is 163 cm³/mol. The van der Waals surface area contributed by atoms with Crippen molar-refractivity contribution in [2.45, 2.75) is 95.0 Å². The van der Waals surface area contributed by atoms with Gasteiger partial charge in [-0.2, -0.15) is 8.78 Å². The number of nitrogens with zero attached hydrogens (tertiary/aromatic N) is 1. The van der Waals surface area contributed by atoms with Gasteiger partial charge in [0.1, 0.15) is 12.7 Å². The molecular formula is C29H41F2N2O10PS. The predicted octanol–water partition coefficient (Wildman–Crippen LogP) is 7.57. The summed E-state index contributed by atoms with van der Waals surface area (Å²) in [4.78, 5) is 22.6. The fraction of sp³-hybridized carbons (Fsp3) is 0.552. The van der Waals surface area contributed by atoms with Crippen LogP contribution >= 0.6 is 7.60 Å². The van der Waals surface area contributed by atoms with Crippen LogP contribution < -0.4 is 4.72 Å². The maximum atomic E-state index is 15.8. The van der Waals surface area contributed by atoms with Crippen molar-refractivity contribution in [3.63, 3.8) is 0 Å². The third-order valence-electron chi connectivity index (χ3n) is 6.62. The van der Waals surface area contributed by atoms with Crippen LogP contribution in [-0.2, 0) is 39.7 Å². The van der Waals surface area contributed by atoms with Gasteiger partial charge >= 0.3 is 19.4 Å². The molecule has 2 rings (SSSR count). The zero-order valence-corrected chi connectivity index (χ0v) is 27.3. The molecule has 0 spiro atoms. The number of non-ortho nitro benzene ring substituents is 1. The van der Waals surface area contributed by atoms with Gasteiger partial charge in [-0.1, -0.05) is 62.9 Å². The molecule has 2 aromatic carbocycles. The molecule has 0 bridgehead atoms. The Morgan fingerprint density at radius 2 is 1.58 bits per heavy atom. The highest BCUT2D eigenvalue weighted by molar-refractivity contribution is 7.89. The maximum absolute atomic E-state index is 15.8. The van der Waals surface area contributed by atoms with Gasteiger partial charge in [-0.15, -0.1) is 0 Å². The van der Waals surface area contributed by atoms with Crippen molar-refractivity contribution >= 4 is 29.5 Å². The van der Waals surface area contributed by atoms with Crippen molar-refractivity contribution in [2.24, 2.45) is 0 Å². The smallest absolute Gasteiger partial charge is 0.429 e. The minimum atomic E-state index is -5.11. The standard InChI is InChI=1S/C29H41F2N2O10PS/c1-4-7-8-9-13-16-27(43-28(34)40-22-23-14-11-10-12-15-23)26(21-29(30,31)44(37,41-5-2)42-6-3)32-45(38,39)25-19-17-24(18-20-25)33(35)36/h10-12,14-15,17-20,26-27,32H,4-9,13,16,21-22H2,1-3H3/t26-,27+/m0/s1. The molecule has 45 heavy (non-hydrogen) atoms. The van der Waals surface area contributed by atoms with E-state index in [9.17, 15) is 27.9 Å². The van der Waals surface area contributed by atoms with E-state index in [-0.39, 0.29) is 31.9 Å². The Bertz CT molecular complexity index is 1350. The summed E-state index contributed by atoms with van der Waals surface area (Å²) in [6, 6.07) is 10.5. The molecule has 252 valence electrons. The van der Waals surface area contributed by atoms with Crippen LogP contribution in [0.25, 0.3) is 0 Å². The molecule has 16 heteroatoms. The maximum Gasteiger partial charge on any atom is 0.508 e. The fourth-order valence-electron chi connectivity index (χ4n) is 4.37. The highest BCUT2D eigenvalue weighted by Gasteiger charge is 2.55. The summed E-state index contributed by atoms with van der Waals surface area (Å²) in [5.74, 6) is 0. The Morgan fingerprint density at radius 3 is 2.13 bits per heavy atom. The summed E-state index contributed by atoms with van der Waals surface area (Å²) in [5, 5.41) is 11.0. The molecule has 0 aromatic heterocycles. The van der Waals surface area contributed by atoms with Crippen molar-refractivity contribution in [3.05, 3.63) is 70.3 Å². The van der Waals surface area contributed by atoms with Crippen LogP contribution in [0.3, 0.4) is 0 Å². The summed E-state index contributed by atoms with van der Waals surface area (Å²) in [5.41, 5.74) is -3.98. The average Bonchev–Trinajstić information content (AvgIpc) is 2.99. The monoisotopic (exact) mass is 678 g/mol. The van der Waals surface area contributed by atoms with Crippen LogP contribution in [0, 0.1) is 10.1 Å². The van der Waals surface area contributed by atoms with E-state index in [1.54, 1.807) is 30.3 Å². The summed E-state index contributed by atoms with van der Waals surface area (Å²) in [7, 11) is -9.74. The first-order valence-electron chi connectivity index (χ1n) is 14.7. The summed E-state index contributed by atoms with van der Waals surface area (Å²) >= 11 is 0. The van der Waals surface area contributed by atoms with Crippen LogP contribution in [0.5, 0.6) is 0 Å². The minimum absolute atomic E-state index is 0.0404. The van der Waals surface area contributed by atoms with Gasteiger partial charge in [0.25, 0.3) is 5.69 Å². The molecule has 0 amide bonds. The van der Waals surface area contributed by atoms with E-state index in [4.69, 9.17) is 18.5 Å². The lowest BCUT2D eigenvalue weighted by molar-refractivity contribution is -0.384. The van der Waals surface area contributed by atoms with Gasteiger partial charge in [-0.05, 0) is 44.4 Å². The number of hydrogen-bond acceptors (Lipinski definition) is 10. The highest BCUT2D eigenvalue weighted by Crippen LogP contribution is 2.63. The molecule has 0 unspecified atom stereocenters. The zero-order chi connectivity index (χ0) is 33.5. The van der Waals surface area contributed by atoms with E-state index in [0.717, 1.165) is 43.5 Å². The molecule has 0 radical (unpaired) electrons. The molecule has 2 aromatic rings. The number of sulfonamides is 1. The summed E-state index contributed by atoms with van der Waals surface area (Å²) < 4.78 is 94.1. The van der Waals surface area contributed by atoms with Gasteiger partial charge in [-0.3, -0.25) is 14.7 Å². The lowest BCUT2D eigenvalue weighted by atomic mass is 10.0. The first kappa shape index (κ1) is 38.2. The number of carbonyl (C=O) groups is 1. The third-order valence-corrected chi connectivity index (χ3v) is 10.3. The first-order valence-corrected chi connectivity index (χ1v) is 17.7. The Morgan fingerprint density at radius 1 is 0.978 bits per heavy atom. The molecule has 0 aliphatic rings. The molecule has 0 fully saturated rings. The Labute approximate surface area is 262 Å². The van der Waals surface area contributed by atoms with Crippen molar-refractivity contribution in [1.29, 1.82) is 0 Å². The number of hydrogen-bond donors (Lipinski definition) is 1. The fourth-order valence-corrected chi connectivity index (χ4v) is 7.19. The van der Waals surface area contributed by atoms with Gasteiger partial charge in [0.2, 0.25) is 10.0 Å². The molecule has 1 N–H and O–H groups in total. The van der Waals surface area contributed by atoms with Gasteiger partial charge in [0.05, 0.1) is 29.1 Å². The number of unbranched alkanes of at least 4 members (excludes halogenated alkanes) is 4. The number of nitro groups is 1. The quantitative estimate of drug-likeness (QED) is 0.0458. The first-order chi connectivity index (χ1) is 21.3.